The second kappa shape index (κ2) is 10.9. The summed E-state index contributed by atoms with van der Waals surface area (Å²) in [5.74, 6) is 1.03. The number of nitrogens with zero attached hydrogens (tertiary/aromatic N) is 4. The van der Waals surface area contributed by atoms with Crippen LogP contribution in [0.3, 0.4) is 0 Å². The highest BCUT2D eigenvalue weighted by Crippen LogP contribution is 2.26. The normalized spacial score (nSPS) is 17.9. The van der Waals surface area contributed by atoms with E-state index < -0.39 is 15.7 Å². The van der Waals surface area contributed by atoms with Crippen molar-refractivity contribution < 1.29 is 13.2 Å². The molecule has 0 atom stereocenters. The predicted octanol–water partition coefficient (Wildman–Crippen LogP) is 3.99. The number of nitrogens with one attached hydrogen (secondary N) is 2. The van der Waals surface area contributed by atoms with Gasteiger partial charge in [0.1, 0.15) is 5.82 Å². The zero-order valence-corrected chi connectivity index (χ0v) is 22.8. The molecule has 11 heteroatoms. The minimum atomic E-state index is -3.96. The van der Waals surface area contributed by atoms with Gasteiger partial charge in [-0.05, 0) is 62.9 Å². The van der Waals surface area contributed by atoms with E-state index in [1.165, 1.54) is 24.4 Å². The third-order valence-electron chi connectivity index (χ3n) is 6.14. The molecule has 9 nitrogen and oxygen atoms in total. The van der Waals surface area contributed by atoms with E-state index in [0.717, 1.165) is 37.1 Å². The Hall–Kier alpha value is -3.05. The first-order chi connectivity index (χ1) is 17.1. The second-order valence-electron chi connectivity index (χ2n) is 9.08. The van der Waals surface area contributed by atoms with Crippen LogP contribution in [0.1, 0.15) is 41.6 Å². The minimum absolute atomic E-state index is 0.0435. The fraction of sp³-hybridized carbons (Fsp3) is 0.360. The lowest BCUT2D eigenvalue weighted by molar-refractivity contribution is 0.0922. The summed E-state index contributed by atoms with van der Waals surface area (Å²) < 4.78 is 27.1. The number of hydrogen-bond donors (Lipinski definition) is 2. The molecule has 190 valence electrons. The lowest BCUT2D eigenvalue weighted by Gasteiger charge is -2.30. The van der Waals surface area contributed by atoms with E-state index in [2.05, 4.69) is 41.5 Å². The van der Waals surface area contributed by atoms with Crippen molar-refractivity contribution in [1.29, 1.82) is 0 Å². The van der Waals surface area contributed by atoms with Gasteiger partial charge in [-0.2, -0.15) is 4.98 Å². The van der Waals surface area contributed by atoms with Gasteiger partial charge < -0.3 is 15.5 Å². The molecule has 1 aliphatic carbocycles. The topological polar surface area (TPSA) is 117 Å². The van der Waals surface area contributed by atoms with Gasteiger partial charge in [-0.25, -0.2) is 18.4 Å². The lowest BCUT2D eigenvalue weighted by Crippen LogP contribution is -2.40. The van der Waals surface area contributed by atoms with Crippen LogP contribution in [0.15, 0.2) is 63.2 Å². The third kappa shape index (κ3) is 5.84. The third-order valence-corrected chi connectivity index (χ3v) is 8.34. The Morgan fingerprint density at radius 1 is 1.06 bits per heavy atom. The molecule has 1 aromatic carbocycles. The van der Waals surface area contributed by atoms with E-state index in [1.807, 2.05) is 32.1 Å². The maximum atomic E-state index is 13.2. The molecule has 2 aromatic heterocycles. The maximum Gasteiger partial charge on any atom is 0.254 e. The standard InChI is InChI=1S/C25H29BrN6O3S/c1-16-15-28-25(31-22(16)32(2)3)30-19-11-9-18(10-12-19)29-23(33)21-8-5-13-27-24(21)36(34,35)20-7-4-6-17(26)14-20/h4-8,13-15,18-19H,9-12H2,1-3H3,(H,29,33)(H,28,30,31). The summed E-state index contributed by atoms with van der Waals surface area (Å²) in [6.45, 7) is 1.98. The van der Waals surface area contributed by atoms with Crippen LogP contribution in [0, 0.1) is 6.92 Å². The number of halogens is 1. The summed E-state index contributed by atoms with van der Waals surface area (Å²) in [6.07, 6.45) is 6.36. The van der Waals surface area contributed by atoms with Crippen molar-refractivity contribution in [3.63, 3.8) is 0 Å². The molecule has 1 saturated carbocycles. The summed E-state index contributed by atoms with van der Waals surface area (Å²) in [4.78, 5) is 28.2. The van der Waals surface area contributed by atoms with Crippen molar-refractivity contribution in [2.24, 2.45) is 0 Å². The van der Waals surface area contributed by atoms with Gasteiger partial charge in [-0.3, -0.25) is 4.79 Å². The van der Waals surface area contributed by atoms with Gasteiger partial charge in [-0.15, -0.1) is 0 Å². The second-order valence-corrected chi connectivity index (χ2v) is 11.9. The summed E-state index contributed by atoms with van der Waals surface area (Å²) in [5, 5.41) is 6.17. The Balaban J connectivity index is 1.41. The molecule has 0 spiro atoms. The fourth-order valence-corrected chi connectivity index (χ4v) is 6.27. The smallest absolute Gasteiger partial charge is 0.254 e. The van der Waals surface area contributed by atoms with Crippen molar-refractivity contribution in [1.82, 2.24) is 20.3 Å². The molecule has 2 N–H and O–H groups in total. The number of aryl methyl sites for hydroxylation is 1. The van der Waals surface area contributed by atoms with Crippen molar-refractivity contribution in [2.45, 2.75) is 54.6 Å². The van der Waals surface area contributed by atoms with E-state index in [0.29, 0.717) is 10.4 Å². The largest absolute Gasteiger partial charge is 0.362 e. The average molecular weight is 574 g/mol. The molecule has 1 aliphatic rings. The van der Waals surface area contributed by atoms with Crippen LogP contribution in [0.25, 0.3) is 0 Å². The first-order valence-corrected chi connectivity index (χ1v) is 14.0. The average Bonchev–Trinajstić information content (AvgIpc) is 2.86. The number of amides is 1. The molecule has 0 radical (unpaired) electrons. The number of aromatic nitrogens is 3. The molecule has 0 saturated heterocycles. The van der Waals surface area contributed by atoms with E-state index in [1.54, 1.807) is 18.2 Å². The van der Waals surface area contributed by atoms with Gasteiger partial charge in [0.05, 0.1) is 10.5 Å². The Morgan fingerprint density at radius 3 is 2.47 bits per heavy atom. The lowest BCUT2D eigenvalue weighted by atomic mass is 9.91. The van der Waals surface area contributed by atoms with Gasteiger partial charge in [-0.1, -0.05) is 22.0 Å². The quantitative estimate of drug-likeness (QED) is 0.436. The predicted molar refractivity (Wildman–Crippen MR) is 142 cm³/mol. The van der Waals surface area contributed by atoms with E-state index >= 15 is 0 Å². The van der Waals surface area contributed by atoms with Crippen LogP contribution >= 0.6 is 15.9 Å². The molecule has 0 bridgehead atoms. The Morgan fingerprint density at radius 2 is 1.78 bits per heavy atom. The zero-order valence-electron chi connectivity index (χ0n) is 20.4. The van der Waals surface area contributed by atoms with E-state index in [4.69, 9.17) is 0 Å². The molecular formula is C25H29BrN6O3S. The maximum absolute atomic E-state index is 13.2. The number of anilines is 2. The number of benzene rings is 1. The van der Waals surface area contributed by atoms with E-state index in [9.17, 15) is 13.2 Å². The zero-order chi connectivity index (χ0) is 25.9. The van der Waals surface area contributed by atoms with Crippen molar-refractivity contribution in [2.75, 3.05) is 24.3 Å². The first kappa shape index (κ1) is 26.0. The highest BCUT2D eigenvalue weighted by atomic mass is 79.9. The monoisotopic (exact) mass is 572 g/mol. The molecule has 4 rings (SSSR count). The van der Waals surface area contributed by atoms with Gasteiger partial charge in [0.25, 0.3) is 5.91 Å². The Bertz CT molecular complexity index is 1360. The highest BCUT2D eigenvalue weighted by molar-refractivity contribution is 9.10. The fourth-order valence-electron chi connectivity index (χ4n) is 4.31. The Kier molecular flexibility index (Phi) is 7.89. The molecule has 36 heavy (non-hydrogen) atoms. The number of sulfone groups is 1. The number of pyridine rings is 1. The summed E-state index contributed by atoms with van der Waals surface area (Å²) in [6, 6.07) is 9.56. The van der Waals surface area contributed by atoms with Crippen molar-refractivity contribution in [3.05, 3.63) is 64.4 Å². The van der Waals surface area contributed by atoms with E-state index in [-0.39, 0.29) is 27.6 Å². The van der Waals surface area contributed by atoms with Crippen LogP contribution in [0.4, 0.5) is 11.8 Å². The number of hydrogen-bond acceptors (Lipinski definition) is 8. The number of carbonyl (C=O) groups excluding carboxylic acids is 1. The first-order valence-electron chi connectivity index (χ1n) is 11.7. The summed E-state index contributed by atoms with van der Waals surface area (Å²) in [7, 11) is -0.0652. The van der Waals surface area contributed by atoms with Gasteiger partial charge >= 0.3 is 0 Å². The van der Waals surface area contributed by atoms with Gasteiger partial charge in [0.2, 0.25) is 15.8 Å². The van der Waals surface area contributed by atoms with Gasteiger partial charge in [0, 0.05) is 48.6 Å². The summed E-state index contributed by atoms with van der Waals surface area (Å²) >= 11 is 3.30. The van der Waals surface area contributed by atoms with Crippen molar-refractivity contribution in [3.8, 4) is 0 Å². The van der Waals surface area contributed by atoms with Crippen LogP contribution in [0.5, 0.6) is 0 Å². The molecule has 1 fully saturated rings. The molecule has 0 aliphatic heterocycles. The van der Waals surface area contributed by atoms with Crippen molar-refractivity contribution >= 4 is 43.4 Å². The van der Waals surface area contributed by atoms with Crippen LogP contribution in [-0.4, -0.2) is 55.5 Å². The number of rotatable bonds is 7. The SMILES string of the molecule is Cc1cnc(NC2CCC(NC(=O)c3cccnc3S(=O)(=O)c3cccc(Br)c3)CC2)nc1N(C)C. The molecule has 1 amide bonds. The van der Waals surface area contributed by atoms with Crippen LogP contribution in [-0.2, 0) is 9.84 Å². The summed E-state index contributed by atoms with van der Waals surface area (Å²) in [5.41, 5.74) is 1.05. The molecule has 0 unspecified atom stereocenters. The number of carbonyl (C=O) groups is 1. The van der Waals surface area contributed by atoms with Crippen LogP contribution < -0.4 is 15.5 Å². The highest BCUT2D eigenvalue weighted by Gasteiger charge is 2.29. The molecular weight excluding hydrogens is 544 g/mol. The minimum Gasteiger partial charge on any atom is -0.362 e. The Labute approximate surface area is 219 Å². The molecule has 3 aromatic rings. The van der Waals surface area contributed by atoms with Gasteiger partial charge in [0.15, 0.2) is 5.03 Å². The molecule has 2 heterocycles. The van der Waals surface area contributed by atoms with Crippen LogP contribution in [0.2, 0.25) is 0 Å².